The number of piperazine rings is 1. The minimum absolute atomic E-state index is 0.0356. The van der Waals surface area contributed by atoms with E-state index in [4.69, 9.17) is 17.3 Å². The SMILES string of the molecule is CCN1CCN(c2ccc(C(C)N)cc2Cl)CC1. The van der Waals surface area contributed by atoms with E-state index in [0.29, 0.717) is 0 Å². The first-order chi connectivity index (χ1) is 8.61. The fourth-order valence-electron chi connectivity index (χ4n) is 2.37. The van der Waals surface area contributed by atoms with E-state index in [0.717, 1.165) is 49.0 Å². The predicted molar refractivity (Wildman–Crippen MR) is 78.4 cm³/mol. The molecule has 1 aliphatic rings. The molecule has 1 unspecified atom stereocenters. The number of anilines is 1. The molecule has 0 saturated carbocycles. The molecule has 1 atom stereocenters. The van der Waals surface area contributed by atoms with E-state index >= 15 is 0 Å². The lowest BCUT2D eigenvalue weighted by atomic mass is 10.1. The molecular formula is C14H22ClN3. The number of hydrogen-bond donors (Lipinski definition) is 1. The third-order valence-corrected chi connectivity index (χ3v) is 3.96. The van der Waals surface area contributed by atoms with E-state index in [1.54, 1.807) is 0 Å². The van der Waals surface area contributed by atoms with Crippen molar-refractivity contribution in [2.75, 3.05) is 37.6 Å². The Labute approximate surface area is 115 Å². The van der Waals surface area contributed by atoms with Gasteiger partial charge in [0, 0.05) is 32.2 Å². The van der Waals surface area contributed by atoms with Crippen LogP contribution in [0.15, 0.2) is 18.2 Å². The lowest BCUT2D eigenvalue weighted by Crippen LogP contribution is -2.46. The van der Waals surface area contributed by atoms with E-state index in [-0.39, 0.29) is 6.04 Å². The standard InChI is InChI=1S/C14H22ClN3/c1-3-17-6-8-18(9-7-17)14-5-4-12(11(2)16)10-13(14)15/h4-5,10-11H,3,6-9,16H2,1-2H3. The van der Waals surface area contributed by atoms with Crippen LogP contribution < -0.4 is 10.6 Å². The molecule has 2 rings (SSSR count). The predicted octanol–water partition coefficient (Wildman–Crippen LogP) is 2.50. The summed E-state index contributed by atoms with van der Waals surface area (Å²) in [5, 5.41) is 0.815. The van der Waals surface area contributed by atoms with Gasteiger partial charge in [-0.25, -0.2) is 0 Å². The van der Waals surface area contributed by atoms with Gasteiger partial charge in [-0.2, -0.15) is 0 Å². The van der Waals surface area contributed by atoms with Gasteiger partial charge in [0.05, 0.1) is 10.7 Å². The average Bonchev–Trinajstić information content (AvgIpc) is 2.38. The van der Waals surface area contributed by atoms with Crippen LogP contribution in [0.3, 0.4) is 0 Å². The highest BCUT2D eigenvalue weighted by molar-refractivity contribution is 6.33. The number of benzene rings is 1. The van der Waals surface area contributed by atoms with Crippen LogP contribution in [0.5, 0.6) is 0 Å². The fraction of sp³-hybridized carbons (Fsp3) is 0.571. The van der Waals surface area contributed by atoms with Gasteiger partial charge >= 0.3 is 0 Å². The van der Waals surface area contributed by atoms with Crippen molar-refractivity contribution in [3.63, 3.8) is 0 Å². The van der Waals surface area contributed by atoms with Gasteiger partial charge < -0.3 is 15.5 Å². The maximum atomic E-state index is 6.37. The fourth-order valence-corrected chi connectivity index (χ4v) is 2.68. The molecule has 1 aromatic rings. The molecule has 100 valence electrons. The average molecular weight is 268 g/mol. The van der Waals surface area contributed by atoms with Gasteiger partial charge in [-0.05, 0) is 31.2 Å². The van der Waals surface area contributed by atoms with E-state index < -0.39 is 0 Å². The lowest BCUT2D eigenvalue weighted by Gasteiger charge is -2.36. The molecule has 1 saturated heterocycles. The van der Waals surface area contributed by atoms with Crippen LogP contribution in [0.4, 0.5) is 5.69 Å². The summed E-state index contributed by atoms with van der Waals surface area (Å²) in [5.74, 6) is 0. The van der Waals surface area contributed by atoms with Gasteiger partial charge in [0.2, 0.25) is 0 Å². The van der Waals surface area contributed by atoms with Crippen molar-refractivity contribution >= 4 is 17.3 Å². The summed E-state index contributed by atoms with van der Waals surface area (Å²) in [5.41, 5.74) is 8.10. The zero-order valence-electron chi connectivity index (χ0n) is 11.2. The Bertz CT molecular complexity index is 398. The van der Waals surface area contributed by atoms with Crippen LogP contribution in [0.25, 0.3) is 0 Å². The Morgan fingerprint density at radius 3 is 2.44 bits per heavy atom. The Morgan fingerprint density at radius 1 is 1.28 bits per heavy atom. The zero-order valence-corrected chi connectivity index (χ0v) is 12.0. The largest absolute Gasteiger partial charge is 0.368 e. The summed E-state index contributed by atoms with van der Waals surface area (Å²) >= 11 is 6.37. The van der Waals surface area contributed by atoms with Crippen LogP contribution in [-0.2, 0) is 0 Å². The van der Waals surface area contributed by atoms with Gasteiger partial charge in [0.15, 0.2) is 0 Å². The highest BCUT2D eigenvalue weighted by Gasteiger charge is 2.18. The summed E-state index contributed by atoms with van der Waals surface area (Å²) in [7, 11) is 0. The molecule has 3 nitrogen and oxygen atoms in total. The van der Waals surface area contributed by atoms with Crippen LogP contribution >= 0.6 is 11.6 Å². The number of hydrogen-bond acceptors (Lipinski definition) is 3. The van der Waals surface area contributed by atoms with Gasteiger partial charge in [0.25, 0.3) is 0 Å². The van der Waals surface area contributed by atoms with Crippen molar-refractivity contribution in [3.05, 3.63) is 28.8 Å². The quantitative estimate of drug-likeness (QED) is 0.913. The normalized spacial score (nSPS) is 19.0. The van der Waals surface area contributed by atoms with Crippen LogP contribution in [0.1, 0.15) is 25.5 Å². The van der Waals surface area contributed by atoms with E-state index in [9.17, 15) is 0 Å². The topological polar surface area (TPSA) is 32.5 Å². The van der Waals surface area contributed by atoms with Crippen molar-refractivity contribution in [1.29, 1.82) is 0 Å². The molecule has 1 aromatic carbocycles. The molecule has 1 heterocycles. The number of rotatable bonds is 3. The minimum atomic E-state index is 0.0356. The van der Waals surface area contributed by atoms with E-state index in [2.05, 4.69) is 28.9 Å². The van der Waals surface area contributed by atoms with Crippen molar-refractivity contribution in [2.24, 2.45) is 5.73 Å². The first-order valence-electron chi connectivity index (χ1n) is 6.64. The molecular weight excluding hydrogens is 246 g/mol. The van der Waals surface area contributed by atoms with Crippen LogP contribution in [-0.4, -0.2) is 37.6 Å². The van der Waals surface area contributed by atoms with Gasteiger partial charge in [-0.15, -0.1) is 0 Å². The second-order valence-corrected chi connectivity index (χ2v) is 5.33. The summed E-state index contributed by atoms with van der Waals surface area (Å²) in [6.07, 6.45) is 0. The van der Waals surface area contributed by atoms with E-state index in [1.807, 2.05) is 13.0 Å². The Morgan fingerprint density at radius 2 is 1.94 bits per heavy atom. The first-order valence-corrected chi connectivity index (χ1v) is 7.02. The maximum Gasteiger partial charge on any atom is 0.0642 e. The molecule has 0 aliphatic carbocycles. The molecule has 0 spiro atoms. The minimum Gasteiger partial charge on any atom is -0.368 e. The molecule has 0 radical (unpaired) electrons. The van der Waals surface area contributed by atoms with Crippen molar-refractivity contribution in [2.45, 2.75) is 19.9 Å². The van der Waals surface area contributed by atoms with E-state index in [1.165, 1.54) is 0 Å². The number of nitrogens with zero attached hydrogens (tertiary/aromatic N) is 2. The second-order valence-electron chi connectivity index (χ2n) is 4.92. The van der Waals surface area contributed by atoms with Crippen molar-refractivity contribution in [3.8, 4) is 0 Å². The summed E-state index contributed by atoms with van der Waals surface area (Å²) in [4.78, 5) is 4.82. The molecule has 18 heavy (non-hydrogen) atoms. The molecule has 0 aromatic heterocycles. The maximum absolute atomic E-state index is 6.37. The second kappa shape index (κ2) is 5.91. The summed E-state index contributed by atoms with van der Waals surface area (Å²) < 4.78 is 0. The van der Waals surface area contributed by atoms with Gasteiger partial charge in [0.1, 0.15) is 0 Å². The summed E-state index contributed by atoms with van der Waals surface area (Å²) in [6.45, 7) is 9.64. The number of likely N-dealkylation sites (N-methyl/N-ethyl adjacent to an activating group) is 1. The Hall–Kier alpha value is -0.770. The smallest absolute Gasteiger partial charge is 0.0642 e. The molecule has 2 N–H and O–H groups in total. The summed E-state index contributed by atoms with van der Waals surface area (Å²) in [6, 6.07) is 6.21. The molecule has 0 amide bonds. The van der Waals surface area contributed by atoms with Gasteiger partial charge in [-0.3, -0.25) is 0 Å². The van der Waals surface area contributed by atoms with Crippen LogP contribution in [0, 0.1) is 0 Å². The molecule has 4 heteroatoms. The highest BCUT2D eigenvalue weighted by Crippen LogP contribution is 2.29. The Balaban J connectivity index is 2.10. The van der Waals surface area contributed by atoms with Crippen molar-refractivity contribution < 1.29 is 0 Å². The van der Waals surface area contributed by atoms with Gasteiger partial charge in [-0.1, -0.05) is 24.6 Å². The molecule has 0 bridgehead atoms. The lowest BCUT2D eigenvalue weighted by molar-refractivity contribution is 0.271. The number of halogens is 1. The third kappa shape index (κ3) is 2.97. The third-order valence-electron chi connectivity index (χ3n) is 3.66. The Kier molecular flexibility index (Phi) is 4.49. The molecule has 1 aliphatic heterocycles. The van der Waals surface area contributed by atoms with Crippen molar-refractivity contribution in [1.82, 2.24) is 4.90 Å². The highest BCUT2D eigenvalue weighted by atomic mass is 35.5. The zero-order chi connectivity index (χ0) is 13.1. The van der Waals surface area contributed by atoms with Crippen LogP contribution in [0.2, 0.25) is 5.02 Å². The monoisotopic (exact) mass is 267 g/mol. The first kappa shape index (κ1) is 13.7. The molecule has 1 fully saturated rings. The number of nitrogens with two attached hydrogens (primary N) is 1.